The quantitative estimate of drug-likeness (QED) is 0.681. The third-order valence-corrected chi connectivity index (χ3v) is 3.44. The average Bonchev–Trinajstić information content (AvgIpc) is 2.90. The zero-order valence-electron chi connectivity index (χ0n) is 8.18. The van der Waals surface area contributed by atoms with Crippen molar-refractivity contribution in [2.45, 2.75) is 51.5 Å². The van der Waals surface area contributed by atoms with Crippen LogP contribution in [0.3, 0.4) is 0 Å². The minimum Gasteiger partial charge on any atom is -0.314 e. The van der Waals surface area contributed by atoms with Crippen LogP contribution in [0.15, 0.2) is 0 Å². The molecule has 0 amide bonds. The summed E-state index contributed by atoms with van der Waals surface area (Å²) in [6, 6.07) is 0.847. The SMILES string of the molecule is CC(CC1CC1)C1CCCCN1. The van der Waals surface area contributed by atoms with Gasteiger partial charge in [-0.3, -0.25) is 0 Å². The molecule has 0 aromatic heterocycles. The summed E-state index contributed by atoms with van der Waals surface area (Å²) in [7, 11) is 0. The summed E-state index contributed by atoms with van der Waals surface area (Å²) in [5, 5.41) is 3.65. The van der Waals surface area contributed by atoms with Crippen molar-refractivity contribution in [3.05, 3.63) is 0 Å². The Labute approximate surface area is 75.9 Å². The predicted octanol–water partition coefficient (Wildman–Crippen LogP) is 2.56. The highest BCUT2D eigenvalue weighted by Crippen LogP contribution is 2.36. The lowest BCUT2D eigenvalue weighted by atomic mass is 9.90. The van der Waals surface area contributed by atoms with Gasteiger partial charge in [-0.15, -0.1) is 0 Å². The van der Waals surface area contributed by atoms with Gasteiger partial charge < -0.3 is 5.32 Å². The molecular weight excluding hydrogens is 146 g/mol. The summed E-state index contributed by atoms with van der Waals surface area (Å²) in [6.07, 6.45) is 8.78. The van der Waals surface area contributed by atoms with Crippen molar-refractivity contribution in [1.29, 1.82) is 0 Å². The van der Waals surface area contributed by atoms with Gasteiger partial charge in [0.15, 0.2) is 0 Å². The molecule has 1 aliphatic carbocycles. The minimum absolute atomic E-state index is 0.847. The van der Waals surface area contributed by atoms with Gasteiger partial charge >= 0.3 is 0 Å². The van der Waals surface area contributed by atoms with Gasteiger partial charge in [-0.25, -0.2) is 0 Å². The van der Waals surface area contributed by atoms with E-state index in [1.165, 1.54) is 45.1 Å². The molecule has 0 spiro atoms. The van der Waals surface area contributed by atoms with E-state index in [4.69, 9.17) is 0 Å². The molecule has 2 fully saturated rings. The van der Waals surface area contributed by atoms with Crippen molar-refractivity contribution in [3.8, 4) is 0 Å². The first-order valence-electron chi connectivity index (χ1n) is 5.59. The molecule has 1 heterocycles. The van der Waals surface area contributed by atoms with E-state index in [-0.39, 0.29) is 0 Å². The summed E-state index contributed by atoms with van der Waals surface area (Å²) < 4.78 is 0. The summed E-state index contributed by atoms with van der Waals surface area (Å²) in [4.78, 5) is 0. The number of nitrogens with one attached hydrogen (secondary N) is 1. The van der Waals surface area contributed by atoms with E-state index in [1.54, 1.807) is 0 Å². The second-order valence-corrected chi connectivity index (χ2v) is 4.71. The second-order valence-electron chi connectivity index (χ2n) is 4.71. The van der Waals surface area contributed by atoms with Gasteiger partial charge in [-0.05, 0) is 37.6 Å². The molecule has 1 N–H and O–H groups in total. The molecule has 2 atom stereocenters. The van der Waals surface area contributed by atoms with Crippen LogP contribution < -0.4 is 5.32 Å². The lowest BCUT2D eigenvalue weighted by Gasteiger charge is -2.29. The number of hydrogen-bond acceptors (Lipinski definition) is 1. The molecule has 0 aromatic carbocycles. The monoisotopic (exact) mass is 167 g/mol. The van der Waals surface area contributed by atoms with Gasteiger partial charge in [0.05, 0.1) is 0 Å². The zero-order chi connectivity index (χ0) is 8.39. The first kappa shape index (κ1) is 8.55. The van der Waals surface area contributed by atoms with Crippen LogP contribution in [0, 0.1) is 11.8 Å². The van der Waals surface area contributed by atoms with Crippen molar-refractivity contribution >= 4 is 0 Å². The molecule has 0 radical (unpaired) electrons. The van der Waals surface area contributed by atoms with Crippen LogP contribution in [0.5, 0.6) is 0 Å². The Morgan fingerprint density at radius 2 is 2.08 bits per heavy atom. The molecule has 1 nitrogen and oxygen atoms in total. The first-order chi connectivity index (χ1) is 5.86. The van der Waals surface area contributed by atoms with Crippen LogP contribution in [-0.4, -0.2) is 12.6 Å². The van der Waals surface area contributed by atoms with Crippen molar-refractivity contribution < 1.29 is 0 Å². The van der Waals surface area contributed by atoms with Gasteiger partial charge in [-0.2, -0.15) is 0 Å². The van der Waals surface area contributed by atoms with Crippen molar-refractivity contribution in [2.24, 2.45) is 11.8 Å². The van der Waals surface area contributed by atoms with Gasteiger partial charge in [0.25, 0.3) is 0 Å². The molecule has 1 heteroatoms. The Bertz CT molecular complexity index is 134. The zero-order valence-corrected chi connectivity index (χ0v) is 8.18. The summed E-state index contributed by atoms with van der Waals surface area (Å²) in [6.45, 7) is 3.70. The lowest BCUT2D eigenvalue weighted by molar-refractivity contribution is 0.289. The number of rotatable bonds is 3. The third kappa shape index (κ3) is 2.22. The maximum absolute atomic E-state index is 3.65. The molecule has 2 unspecified atom stereocenters. The molecule has 0 aromatic rings. The Kier molecular flexibility index (Phi) is 2.69. The number of piperidine rings is 1. The van der Waals surface area contributed by atoms with E-state index >= 15 is 0 Å². The molecule has 70 valence electrons. The van der Waals surface area contributed by atoms with Crippen LogP contribution in [0.4, 0.5) is 0 Å². The van der Waals surface area contributed by atoms with Crippen LogP contribution >= 0.6 is 0 Å². The van der Waals surface area contributed by atoms with Crippen LogP contribution in [0.1, 0.15) is 45.4 Å². The number of hydrogen-bond donors (Lipinski definition) is 1. The molecule has 1 saturated carbocycles. The molecule has 2 aliphatic rings. The Morgan fingerprint density at radius 3 is 2.67 bits per heavy atom. The molecule has 2 rings (SSSR count). The fourth-order valence-electron chi connectivity index (χ4n) is 2.41. The molecule has 0 bridgehead atoms. The Hall–Kier alpha value is -0.0400. The average molecular weight is 167 g/mol. The maximum atomic E-state index is 3.65. The van der Waals surface area contributed by atoms with Gasteiger partial charge in [0.2, 0.25) is 0 Å². The highest BCUT2D eigenvalue weighted by Gasteiger charge is 2.27. The van der Waals surface area contributed by atoms with E-state index in [0.29, 0.717) is 0 Å². The summed E-state index contributed by atoms with van der Waals surface area (Å²) in [5.41, 5.74) is 0. The van der Waals surface area contributed by atoms with Crippen LogP contribution in [-0.2, 0) is 0 Å². The summed E-state index contributed by atoms with van der Waals surface area (Å²) >= 11 is 0. The highest BCUT2D eigenvalue weighted by atomic mass is 14.9. The fraction of sp³-hybridized carbons (Fsp3) is 1.00. The van der Waals surface area contributed by atoms with E-state index in [9.17, 15) is 0 Å². The Morgan fingerprint density at radius 1 is 1.25 bits per heavy atom. The van der Waals surface area contributed by atoms with E-state index < -0.39 is 0 Å². The van der Waals surface area contributed by atoms with Crippen LogP contribution in [0.2, 0.25) is 0 Å². The fourth-order valence-corrected chi connectivity index (χ4v) is 2.41. The van der Waals surface area contributed by atoms with Crippen LogP contribution in [0.25, 0.3) is 0 Å². The highest BCUT2D eigenvalue weighted by molar-refractivity contribution is 4.83. The maximum Gasteiger partial charge on any atom is 0.00928 e. The van der Waals surface area contributed by atoms with Crippen molar-refractivity contribution in [2.75, 3.05) is 6.54 Å². The van der Waals surface area contributed by atoms with Gasteiger partial charge in [0, 0.05) is 6.04 Å². The topological polar surface area (TPSA) is 12.0 Å². The van der Waals surface area contributed by atoms with E-state index in [1.807, 2.05) is 0 Å². The van der Waals surface area contributed by atoms with Gasteiger partial charge in [0.1, 0.15) is 0 Å². The molecule has 1 saturated heterocycles. The largest absolute Gasteiger partial charge is 0.314 e. The smallest absolute Gasteiger partial charge is 0.00928 e. The summed E-state index contributed by atoms with van der Waals surface area (Å²) in [5.74, 6) is 2.03. The standard InChI is InChI=1S/C11H21N/c1-9(8-10-5-6-10)11-4-2-3-7-12-11/h9-12H,2-8H2,1H3. The minimum atomic E-state index is 0.847. The molecule has 12 heavy (non-hydrogen) atoms. The molecular formula is C11H21N. The van der Waals surface area contributed by atoms with E-state index in [0.717, 1.165) is 17.9 Å². The normalized spacial score (nSPS) is 33.2. The third-order valence-electron chi connectivity index (χ3n) is 3.44. The lowest BCUT2D eigenvalue weighted by Crippen LogP contribution is -2.39. The van der Waals surface area contributed by atoms with Gasteiger partial charge in [-0.1, -0.05) is 26.2 Å². The second kappa shape index (κ2) is 3.78. The first-order valence-corrected chi connectivity index (χ1v) is 5.59. The van der Waals surface area contributed by atoms with Crippen molar-refractivity contribution in [1.82, 2.24) is 5.32 Å². The Balaban J connectivity index is 1.72. The molecule has 1 aliphatic heterocycles. The predicted molar refractivity (Wildman–Crippen MR) is 52.1 cm³/mol. The van der Waals surface area contributed by atoms with Crippen molar-refractivity contribution in [3.63, 3.8) is 0 Å². The van der Waals surface area contributed by atoms with E-state index in [2.05, 4.69) is 12.2 Å².